The highest BCUT2D eigenvalue weighted by Crippen LogP contribution is 2.37. The number of hydrogen-bond donors (Lipinski definition) is 1. The summed E-state index contributed by atoms with van der Waals surface area (Å²) in [5.41, 5.74) is 1.19. The second kappa shape index (κ2) is 5.22. The van der Waals surface area contributed by atoms with Gasteiger partial charge in [-0.15, -0.1) is 0 Å². The second-order valence-electron chi connectivity index (χ2n) is 5.09. The van der Waals surface area contributed by atoms with E-state index in [0.29, 0.717) is 39.8 Å². The van der Waals surface area contributed by atoms with Crippen molar-refractivity contribution in [3.8, 4) is 11.5 Å². The van der Waals surface area contributed by atoms with Crippen molar-refractivity contribution in [1.29, 1.82) is 0 Å². The maximum Gasteiger partial charge on any atom is 0.259 e. The van der Waals surface area contributed by atoms with Crippen molar-refractivity contribution in [2.75, 3.05) is 12.1 Å². The molecule has 0 spiro atoms. The van der Waals surface area contributed by atoms with Gasteiger partial charge in [-0.3, -0.25) is 9.59 Å². The Morgan fingerprint density at radius 3 is 2.32 bits per heavy atom. The Labute approximate surface area is 127 Å². The Bertz CT molecular complexity index is 775. The van der Waals surface area contributed by atoms with Gasteiger partial charge in [0.2, 0.25) is 6.79 Å². The number of nitrogens with one attached hydrogen (secondary N) is 1. The van der Waals surface area contributed by atoms with Crippen molar-refractivity contribution in [2.45, 2.75) is 20.8 Å². The van der Waals surface area contributed by atoms with Gasteiger partial charge in [0, 0.05) is 11.6 Å². The van der Waals surface area contributed by atoms with Crippen LogP contribution in [0.5, 0.6) is 11.5 Å². The highest BCUT2D eigenvalue weighted by molar-refractivity contribution is 6.10. The minimum Gasteiger partial charge on any atom is -0.466 e. The average molecular weight is 301 g/mol. The molecular weight excluding hydrogens is 286 g/mol. The van der Waals surface area contributed by atoms with E-state index in [1.807, 2.05) is 0 Å². The predicted octanol–water partition coefficient (Wildman–Crippen LogP) is 3.08. The number of fused-ring (bicyclic) bond motifs is 1. The molecule has 1 aromatic carbocycles. The van der Waals surface area contributed by atoms with Crippen LogP contribution in [-0.2, 0) is 0 Å². The van der Waals surface area contributed by atoms with E-state index in [1.54, 1.807) is 32.0 Å². The number of ketones is 1. The normalized spacial score (nSPS) is 12.3. The molecule has 0 unspecified atom stereocenters. The molecule has 0 radical (unpaired) electrons. The van der Waals surface area contributed by atoms with Gasteiger partial charge in [-0.1, -0.05) is 0 Å². The smallest absolute Gasteiger partial charge is 0.259 e. The zero-order valence-electron chi connectivity index (χ0n) is 12.5. The molecule has 0 saturated heterocycles. The molecule has 2 aromatic rings. The van der Waals surface area contributed by atoms with Crippen LogP contribution in [0.4, 0.5) is 5.69 Å². The highest BCUT2D eigenvalue weighted by Gasteiger charge is 2.22. The lowest BCUT2D eigenvalue weighted by Crippen LogP contribution is -2.14. The molecular formula is C16H15NO5. The van der Waals surface area contributed by atoms with Crippen molar-refractivity contribution < 1.29 is 23.5 Å². The first-order chi connectivity index (χ1) is 10.5. The summed E-state index contributed by atoms with van der Waals surface area (Å²) < 4.78 is 15.9. The van der Waals surface area contributed by atoms with E-state index < -0.39 is 0 Å². The fraction of sp³-hybridized carbons (Fsp3) is 0.250. The van der Waals surface area contributed by atoms with Gasteiger partial charge in [-0.2, -0.15) is 0 Å². The molecule has 0 aliphatic carbocycles. The van der Waals surface area contributed by atoms with E-state index in [9.17, 15) is 9.59 Å². The standard InChI is InChI=1S/C16H15NO5/c1-8-4-12(10(3)22-8)16(19)17-13-6-15-14(20-7-21-15)5-11(13)9(2)18/h4-6H,7H2,1-3H3,(H,17,19). The van der Waals surface area contributed by atoms with Crippen LogP contribution in [0.3, 0.4) is 0 Å². The minimum atomic E-state index is -0.337. The molecule has 22 heavy (non-hydrogen) atoms. The minimum absolute atomic E-state index is 0.101. The number of carbonyl (C=O) groups excluding carboxylic acids is 2. The third kappa shape index (κ3) is 2.43. The van der Waals surface area contributed by atoms with Crippen LogP contribution in [0.15, 0.2) is 22.6 Å². The monoisotopic (exact) mass is 301 g/mol. The van der Waals surface area contributed by atoms with Crippen LogP contribution in [0.25, 0.3) is 0 Å². The lowest BCUT2D eigenvalue weighted by Gasteiger charge is -2.10. The SMILES string of the molecule is CC(=O)c1cc2c(cc1NC(=O)c1cc(C)oc1C)OCO2. The summed E-state index contributed by atoms with van der Waals surface area (Å²) in [5, 5.41) is 2.74. The number of benzene rings is 1. The number of hydrogen-bond acceptors (Lipinski definition) is 5. The molecule has 3 rings (SSSR count). The van der Waals surface area contributed by atoms with E-state index in [-0.39, 0.29) is 18.5 Å². The van der Waals surface area contributed by atoms with Crippen molar-refractivity contribution >= 4 is 17.4 Å². The molecule has 0 atom stereocenters. The summed E-state index contributed by atoms with van der Waals surface area (Å²) in [6, 6.07) is 4.83. The van der Waals surface area contributed by atoms with Crippen molar-refractivity contribution in [2.24, 2.45) is 0 Å². The van der Waals surface area contributed by atoms with E-state index >= 15 is 0 Å². The van der Waals surface area contributed by atoms with E-state index in [4.69, 9.17) is 13.9 Å². The number of amides is 1. The van der Waals surface area contributed by atoms with E-state index in [1.165, 1.54) is 6.92 Å². The average Bonchev–Trinajstić information content (AvgIpc) is 3.03. The Morgan fingerprint density at radius 1 is 1.05 bits per heavy atom. The molecule has 6 nitrogen and oxygen atoms in total. The Hall–Kier alpha value is -2.76. The van der Waals surface area contributed by atoms with Crippen LogP contribution in [-0.4, -0.2) is 18.5 Å². The van der Waals surface area contributed by atoms with Crippen LogP contribution in [0.2, 0.25) is 0 Å². The molecule has 114 valence electrons. The van der Waals surface area contributed by atoms with Gasteiger partial charge in [0.15, 0.2) is 17.3 Å². The summed E-state index contributed by atoms with van der Waals surface area (Å²) in [5.74, 6) is 1.67. The maximum atomic E-state index is 12.4. The molecule has 1 aliphatic rings. The summed E-state index contributed by atoms with van der Waals surface area (Å²) in [7, 11) is 0. The number of furan rings is 1. The first-order valence-electron chi connectivity index (χ1n) is 6.78. The molecule has 0 saturated carbocycles. The Balaban J connectivity index is 1.96. The van der Waals surface area contributed by atoms with Gasteiger partial charge in [0.1, 0.15) is 11.5 Å². The molecule has 1 N–H and O–H groups in total. The molecule has 2 heterocycles. The Morgan fingerprint density at radius 2 is 1.73 bits per heavy atom. The zero-order valence-corrected chi connectivity index (χ0v) is 12.5. The summed E-state index contributed by atoms with van der Waals surface area (Å²) >= 11 is 0. The third-order valence-electron chi connectivity index (χ3n) is 3.43. The number of aryl methyl sites for hydroxylation is 2. The fourth-order valence-corrected chi connectivity index (χ4v) is 2.38. The second-order valence-corrected chi connectivity index (χ2v) is 5.09. The van der Waals surface area contributed by atoms with Gasteiger partial charge in [0.25, 0.3) is 5.91 Å². The van der Waals surface area contributed by atoms with Crippen LogP contribution in [0.1, 0.15) is 39.2 Å². The molecule has 0 bridgehead atoms. The number of carbonyl (C=O) groups is 2. The van der Waals surface area contributed by atoms with Crippen molar-refractivity contribution in [3.05, 3.63) is 40.8 Å². The van der Waals surface area contributed by atoms with Crippen LogP contribution in [0, 0.1) is 13.8 Å². The Kier molecular flexibility index (Phi) is 3.36. The molecule has 6 heteroatoms. The fourth-order valence-electron chi connectivity index (χ4n) is 2.38. The third-order valence-corrected chi connectivity index (χ3v) is 3.43. The quantitative estimate of drug-likeness (QED) is 0.881. The largest absolute Gasteiger partial charge is 0.466 e. The van der Waals surface area contributed by atoms with Crippen LogP contribution >= 0.6 is 0 Å². The lowest BCUT2D eigenvalue weighted by molar-refractivity contribution is 0.101. The number of ether oxygens (including phenoxy) is 2. The van der Waals surface area contributed by atoms with Gasteiger partial charge >= 0.3 is 0 Å². The van der Waals surface area contributed by atoms with Crippen molar-refractivity contribution in [1.82, 2.24) is 0 Å². The predicted molar refractivity (Wildman–Crippen MR) is 78.7 cm³/mol. The molecule has 0 fully saturated rings. The number of anilines is 1. The summed E-state index contributed by atoms with van der Waals surface area (Å²) in [4.78, 5) is 24.2. The van der Waals surface area contributed by atoms with Crippen molar-refractivity contribution in [3.63, 3.8) is 0 Å². The summed E-state index contributed by atoms with van der Waals surface area (Å²) in [6.45, 7) is 5.02. The highest BCUT2D eigenvalue weighted by atomic mass is 16.7. The number of Topliss-reactive ketones (excluding diaryl/α,β-unsaturated/α-hetero) is 1. The summed E-state index contributed by atoms with van der Waals surface area (Å²) in [6.07, 6.45) is 0. The number of rotatable bonds is 3. The molecule has 1 amide bonds. The first kappa shape index (κ1) is 14.2. The van der Waals surface area contributed by atoms with Gasteiger partial charge in [0.05, 0.1) is 11.3 Å². The molecule has 1 aromatic heterocycles. The van der Waals surface area contributed by atoms with E-state index in [2.05, 4.69) is 5.32 Å². The zero-order chi connectivity index (χ0) is 15.9. The first-order valence-corrected chi connectivity index (χ1v) is 6.78. The molecule has 1 aliphatic heterocycles. The van der Waals surface area contributed by atoms with Gasteiger partial charge in [-0.25, -0.2) is 0 Å². The van der Waals surface area contributed by atoms with Crippen LogP contribution < -0.4 is 14.8 Å². The maximum absolute atomic E-state index is 12.4. The topological polar surface area (TPSA) is 77.8 Å². The lowest BCUT2D eigenvalue weighted by atomic mass is 10.1. The van der Waals surface area contributed by atoms with E-state index in [0.717, 1.165) is 0 Å². The van der Waals surface area contributed by atoms with Gasteiger partial charge in [-0.05, 0) is 32.9 Å². The van der Waals surface area contributed by atoms with Gasteiger partial charge < -0.3 is 19.2 Å².